The molecule has 1 N–H and O–H groups in total. The first-order chi connectivity index (χ1) is 8.22. The van der Waals surface area contributed by atoms with Gasteiger partial charge in [-0.1, -0.05) is 10.7 Å². The lowest BCUT2D eigenvalue weighted by Crippen LogP contribution is -2.35. The monoisotopic (exact) mass is 303 g/mol. The molecule has 0 fully saturated rings. The second kappa shape index (κ2) is 7.43. The van der Waals surface area contributed by atoms with Crippen LogP contribution < -0.4 is 4.13 Å². The summed E-state index contributed by atoms with van der Waals surface area (Å²) in [5, 5.41) is 0. The van der Waals surface area contributed by atoms with E-state index in [2.05, 4.69) is 20.5 Å². The quantitative estimate of drug-likeness (QED) is 0.245. The summed E-state index contributed by atoms with van der Waals surface area (Å²) >= 11 is 0. The van der Waals surface area contributed by atoms with Crippen LogP contribution in [0.4, 0.5) is 0 Å². The Balaban J connectivity index is 4.17. The highest BCUT2D eigenvalue weighted by Crippen LogP contribution is 1.94. The maximum atomic E-state index is 11.2. The molecular weight excluding hydrogens is 290 g/mol. The Hall–Kier alpha value is -1.01. The molecule has 18 heavy (non-hydrogen) atoms. The fourth-order valence-corrected chi connectivity index (χ4v) is 3.02. The van der Waals surface area contributed by atoms with E-state index >= 15 is 0 Å². The molecule has 0 saturated heterocycles. The summed E-state index contributed by atoms with van der Waals surface area (Å²) in [6.45, 7) is 3.70. The van der Waals surface area contributed by atoms with E-state index < -0.39 is 38.7 Å². The molecule has 0 radical (unpaired) electrons. The third kappa shape index (κ3) is 8.14. The first-order valence-electron chi connectivity index (χ1n) is 4.59. The van der Waals surface area contributed by atoms with Crippen LogP contribution in [0.25, 0.3) is 0 Å². The third-order valence-electron chi connectivity index (χ3n) is 1.25. The number of sulfonamides is 1. The molecule has 0 aromatic rings. The van der Waals surface area contributed by atoms with Crippen LogP contribution >= 0.6 is 0 Å². The number of nitrogens with one attached hydrogen (secondary N) is 1. The van der Waals surface area contributed by atoms with Crippen LogP contribution in [-0.2, 0) is 39.1 Å². The van der Waals surface area contributed by atoms with Gasteiger partial charge in [-0.15, -0.1) is 0 Å². The van der Waals surface area contributed by atoms with E-state index in [0.717, 1.165) is 6.08 Å². The van der Waals surface area contributed by atoms with E-state index in [9.17, 15) is 21.6 Å². The van der Waals surface area contributed by atoms with Crippen LogP contribution in [0.15, 0.2) is 12.7 Å². The first-order valence-corrected chi connectivity index (χ1v) is 7.65. The lowest BCUT2D eigenvalue weighted by atomic mass is 10.7. The summed E-state index contributed by atoms with van der Waals surface area (Å²) in [6, 6.07) is 0. The van der Waals surface area contributed by atoms with Crippen molar-refractivity contribution in [1.29, 1.82) is 0 Å². The predicted octanol–water partition coefficient (Wildman–Crippen LogP) is -1.15. The van der Waals surface area contributed by atoms with Gasteiger partial charge in [0.15, 0.2) is 0 Å². The normalized spacial score (nSPS) is 12.1. The lowest BCUT2D eigenvalue weighted by molar-refractivity contribution is -0.263. The van der Waals surface area contributed by atoms with Crippen molar-refractivity contribution in [3.05, 3.63) is 12.7 Å². The highest BCUT2D eigenvalue weighted by molar-refractivity contribution is 8.02. The molecule has 0 amide bonds. The van der Waals surface area contributed by atoms with Crippen LogP contribution in [-0.4, -0.2) is 41.8 Å². The number of hydrogen-bond donors (Lipinski definition) is 1. The van der Waals surface area contributed by atoms with Gasteiger partial charge in [-0.05, 0) is 6.92 Å². The Bertz CT molecular complexity index is 480. The Morgan fingerprint density at radius 1 is 1.33 bits per heavy atom. The maximum Gasteiger partial charge on any atom is 0.365 e. The van der Waals surface area contributed by atoms with Gasteiger partial charge in [0.1, 0.15) is 6.61 Å². The Kier molecular flexibility index (Phi) is 7.01. The maximum absolute atomic E-state index is 11.2. The number of rotatable bonds is 9. The van der Waals surface area contributed by atoms with Gasteiger partial charge >= 0.3 is 16.3 Å². The Morgan fingerprint density at radius 2 is 1.94 bits per heavy atom. The minimum Gasteiger partial charge on any atom is -0.294 e. The Morgan fingerprint density at radius 3 is 2.44 bits per heavy atom. The van der Waals surface area contributed by atoms with Gasteiger partial charge in [-0.25, -0.2) is 13.2 Å². The van der Waals surface area contributed by atoms with E-state index in [0.29, 0.717) is 0 Å². The van der Waals surface area contributed by atoms with Crippen LogP contribution in [0, 0.1) is 0 Å². The summed E-state index contributed by atoms with van der Waals surface area (Å²) in [5.41, 5.74) is 0. The molecule has 0 bridgehead atoms. The van der Waals surface area contributed by atoms with Crippen molar-refractivity contribution in [2.75, 3.05) is 19.0 Å². The standard InChI is InChI=1S/C7H13NO8S2/c1-3-7(9)16-14-5-6-17(10,11)8-18(12,13)15-4-2/h3,8H,1,4-6H2,2H3. The van der Waals surface area contributed by atoms with E-state index in [4.69, 9.17) is 0 Å². The number of carbonyl (C=O) groups is 1. The molecule has 0 unspecified atom stereocenters. The highest BCUT2D eigenvalue weighted by atomic mass is 32.3. The summed E-state index contributed by atoms with van der Waals surface area (Å²) in [6.07, 6.45) is 0.812. The van der Waals surface area contributed by atoms with E-state index in [1.165, 1.54) is 11.1 Å². The van der Waals surface area contributed by atoms with Gasteiger partial charge in [-0.2, -0.15) is 13.3 Å². The fourth-order valence-electron chi connectivity index (χ4n) is 0.654. The molecule has 0 saturated carbocycles. The molecule has 0 atom stereocenters. The summed E-state index contributed by atoms with van der Waals surface area (Å²) in [4.78, 5) is 18.8. The second-order valence-electron chi connectivity index (χ2n) is 2.69. The minimum atomic E-state index is -4.36. The molecule has 0 heterocycles. The third-order valence-corrected chi connectivity index (χ3v) is 4.33. The SMILES string of the molecule is C=CC(=O)OOCCS(=O)(=O)NS(=O)(=O)OCC. The van der Waals surface area contributed by atoms with Gasteiger partial charge in [0, 0.05) is 6.08 Å². The highest BCUT2D eigenvalue weighted by Gasteiger charge is 2.21. The van der Waals surface area contributed by atoms with Crippen molar-refractivity contribution in [3.8, 4) is 0 Å². The van der Waals surface area contributed by atoms with Crippen molar-refractivity contribution >= 4 is 26.3 Å². The summed E-state index contributed by atoms with van der Waals surface area (Å²) < 4.78 is 49.9. The van der Waals surface area contributed by atoms with Crippen LogP contribution in [0.5, 0.6) is 0 Å². The molecule has 0 aliphatic heterocycles. The molecular formula is C7H13NO8S2. The minimum absolute atomic E-state index is 0.210. The van der Waals surface area contributed by atoms with Gasteiger partial charge in [0.05, 0.1) is 12.4 Å². The zero-order chi connectivity index (χ0) is 14.2. The second-order valence-corrected chi connectivity index (χ2v) is 6.14. The number of hydrogen-bond acceptors (Lipinski definition) is 8. The molecule has 0 aliphatic carbocycles. The largest absolute Gasteiger partial charge is 0.365 e. The first kappa shape index (κ1) is 17.0. The molecule has 11 heteroatoms. The van der Waals surface area contributed by atoms with Gasteiger partial charge in [0.2, 0.25) is 10.0 Å². The van der Waals surface area contributed by atoms with E-state index in [1.807, 2.05) is 0 Å². The average Bonchev–Trinajstić information content (AvgIpc) is 2.22. The van der Waals surface area contributed by atoms with Crippen LogP contribution in [0.1, 0.15) is 6.92 Å². The smallest absolute Gasteiger partial charge is 0.294 e. The number of carbonyl (C=O) groups excluding carboxylic acids is 1. The van der Waals surface area contributed by atoms with Gasteiger partial charge in [-0.3, -0.25) is 9.07 Å². The van der Waals surface area contributed by atoms with Crippen molar-refractivity contribution in [2.24, 2.45) is 0 Å². The fraction of sp³-hybridized carbons (Fsp3) is 0.571. The van der Waals surface area contributed by atoms with Crippen molar-refractivity contribution in [1.82, 2.24) is 4.13 Å². The van der Waals surface area contributed by atoms with Crippen LogP contribution in [0.2, 0.25) is 0 Å². The van der Waals surface area contributed by atoms with E-state index in [-0.39, 0.29) is 6.61 Å². The lowest BCUT2D eigenvalue weighted by Gasteiger charge is -2.06. The molecule has 0 spiro atoms. The molecule has 0 aromatic carbocycles. The summed E-state index contributed by atoms with van der Waals surface area (Å²) in [5.74, 6) is -1.63. The predicted molar refractivity (Wildman–Crippen MR) is 59.7 cm³/mol. The molecule has 9 nitrogen and oxygen atoms in total. The topological polar surface area (TPSA) is 125 Å². The average molecular weight is 303 g/mol. The van der Waals surface area contributed by atoms with Crippen molar-refractivity contribution in [3.63, 3.8) is 0 Å². The summed E-state index contributed by atoms with van der Waals surface area (Å²) in [7, 11) is -8.54. The molecule has 0 rings (SSSR count). The molecule has 0 aromatic heterocycles. The molecule has 106 valence electrons. The Labute approximate surface area is 105 Å². The van der Waals surface area contributed by atoms with Crippen molar-refractivity contribution < 1.29 is 35.6 Å². The van der Waals surface area contributed by atoms with E-state index in [1.54, 1.807) is 0 Å². The zero-order valence-electron chi connectivity index (χ0n) is 9.49. The van der Waals surface area contributed by atoms with Gasteiger partial charge in [0.25, 0.3) is 0 Å². The van der Waals surface area contributed by atoms with Gasteiger partial charge < -0.3 is 0 Å². The molecule has 0 aliphatic rings. The van der Waals surface area contributed by atoms with Crippen LogP contribution in [0.3, 0.4) is 0 Å². The zero-order valence-corrected chi connectivity index (χ0v) is 11.1. The van der Waals surface area contributed by atoms with Crippen molar-refractivity contribution in [2.45, 2.75) is 6.92 Å².